The number of thiazole rings is 1. The summed E-state index contributed by atoms with van der Waals surface area (Å²) in [5.74, 6) is 1.56. The van der Waals surface area contributed by atoms with Crippen LogP contribution in [0.2, 0.25) is 0 Å². The van der Waals surface area contributed by atoms with E-state index in [-0.39, 0.29) is 24.0 Å². The predicted molar refractivity (Wildman–Crippen MR) is 114 cm³/mol. The molecule has 1 aliphatic heterocycles. The standard InChI is InChI=1S/C17H30N4O2S.HI/c1-4-15-11-20-16(24-15)5-7-19-17(18-2)21-8-6-14(12-21)13-23-10-9-22-3;/h11,14H,4-10,12-13H2,1-3H3,(H,18,19);1H. The molecule has 1 fully saturated rings. The molecular weight excluding hydrogens is 451 g/mol. The molecule has 8 heteroatoms. The van der Waals surface area contributed by atoms with Gasteiger partial charge < -0.3 is 19.7 Å². The lowest BCUT2D eigenvalue weighted by atomic mass is 10.1. The van der Waals surface area contributed by atoms with E-state index in [2.05, 4.69) is 27.1 Å². The molecule has 1 aromatic rings. The third-order valence-corrected chi connectivity index (χ3v) is 5.36. The monoisotopic (exact) mass is 482 g/mol. The van der Waals surface area contributed by atoms with Gasteiger partial charge in [-0.2, -0.15) is 0 Å². The zero-order chi connectivity index (χ0) is 17.2. The molecule has 1 atom stereocenters. The summed E-state index contributed by atoms with van der Waals surface area (Å²) >= 11 is 1.81. The molecular formula is C17H31IN4O2S. The second-order valence-electron chi connectivity index (χ2n) is 5.97. The number of aliphatic imine (C=N–C) groups is 1. The molecule has 0 amide bonds. The average Bonchev–Trinajstić information content (AvgIpc) is 3.25. The first kappa shape index (κ1) is 22.6. The van der Waals surface area contributed by atoms with E-state index < -0.39 is 0 Å². The highest BCUT2D eigenvalue weighted by molar-refractivity contribution is 14.0. The summed E-state index contributed by atoms with van der Waals surface area (Å²) < 4.78 is 10.7. The van der Waals surface area contributed by atoms with Crippen molar-refractivity contribution < 1.29 is 9.47 Å². The van der Waals surface area contributed by atoms with Gasteiger partial charge in [-0.25, -0.2) is 4.98 Å². The summed E-state index contributed by atoms with van der Waals surface area (Å²) in [5.41, 5.74) is 0. The fourth-order valence-corrected chi connectivity index (χ4v) is 3.66. The van der Waals surface area contributed by atoms with Crippen LogP contribution in [0.3, 0.4) is 0 Å². The summed E-state index contributed by atoms with van der Waals surface area (Å²) in [6.07, 6.45) is 5.15. The van der Waals surface area contributed by atoms with Crippen molar-refractivity contribution in [2.75, 3.05) is 53.6 Å². The Balaban J connectivity index is 0.00000312. The van der Waals surface area contributed by atoms with Crippen molar-refractivity contribution in [1.29, 1.82) is 0 Å². The van der Waals surface area contributed by atoms with E-state index in [0.717, 1.165) is 51.5 Å². The SMILES string of the molecule is CCc1cnc(CCNC(=NC)N2CCC(COCCOC)C2)s1.I. The number of aryl methyl sites for hydroxylation is 1. The number of rotatable bonds is 9. The Morgan fingerprint density at radius 3 is 3.00 bits per heavy atom. The van der Waals surface area contributed by atoms with Crippen molar-refractivity contribution in [2.45, 2.75) is 26.2 Å². The van der Waals surface area contributed by atoms with E-state index in [0.29, 0.717) is 19.1 Å². The van der Waals surface area contributed by atoms with E-state index in [4.69, 9.17) is 9.47 Å². The number of nitrogens with one attached hydrogen (secondary N) is 1. The number of nitrogens with zero attached hydrogens (tertiary/aromatic N) is 3. The second kappa shape index (κ2) is 12.8. The lowest BCUT2D eigenvalue weighted by Gasteiger charge is -2.21. The lowest BCUT2D eigenvalue weighted by Crippen LogP contribution is -2.41. The highest BCUT2D eigenvalue weighted by Crippen LogP contribution is 2.17. The molecule has 0 spiro atoms. The van der Waals surface area contributed by atoms with Gasteiger partial charge in [-0.15, -0.1) is 35.3 Å². The molecule has 1 aromatic heterocycles. The second-order valence-corrected chi connectivity index (χ2v) is 7.17. The Morgan fingerprint density at radius 1 is 1.48 bits per heavy atom. The molecule has 2 rings (SSSR count). The molecule has 2 heterocycles. The lowest BCUT2D eigenvalue weighted by molar-refractivity contribution is 0.0536. The predicted octanol–water partition coefficient (Wildman–Crippen LogP) is 2.43. The minimum atomic E-state index is 0. The Kier molecular flexibility index (Phi) is 11.6. The van der Waals surface area contributed by atoms with Crippen LogP contribution in [0, 0.1) is 5.92 Å². The molecule has 0 aromatic carbocycles. The van der Waals surface area contributed by atoms with Crippen LogP contribution in [-0.4, -0.2) is 69.5 Å². The minimum absolute atomic E-state index is 0. The van der Waals surface area contributed by atoms with Gasteiger partial charge in [0.25, 0.3) is 0 Å². The minimum Gasteiger partial charge on any atom is -0.382 e. The third kappa shape index (κ3) is 7.76. The molecule has 1 N–H and O–H groups in total. The van der Waals surface area contributed by atoms with Gasteiger partial charge in [0.05, 0.1) is 24.8 Å². The molecule has 6 nitrogen and oxygen atoms in total. The van der Waals surface area contributed by atoms with Crippen LogP contribution in [0.5, 0.6) is 0 Å². The smallest absolute Gasteiger partial charge is 0.193 e. The van der Waals surface area contributed by atoms with E-state index in [9.17, 15) is 0 Å². The Labute approximate surface area is 172 Å². The molecule has 1 aliphatic rings. The Hall–Kier alpha value is -0.450. The van der Waals surface area contributed by atoms with Crippen LogP contribution in [-0.2, 0) is 22.3 Å². The van der Waals surface area contributed by atoms with Gasteiger partial charge >= 0.3 is 0 Å². The quantitative estimate of drug-likeness (QED) is 0.254. The van der Waals surface area contributed by atoms with Crippen molar-refractivity contribution in [3.8, 4) is 0 Å². The van der Waals surface area contributed by atoms with Crippen molar-refractivity contribution in [3.05, 3.63) is 16.1 Å². The normalized spacial score (nSPS) is 17.6. The first-order valence-corrected chi connectivity index (χ1v) is 9.54. The Bertz CT molecular complexity index is 513. The third-order valence-electron chi connectivity index (χ3n) is 4.15. The molecule has 0 saturated carbocycles. The van der Waals surface area contributed by atoms with Crippen LogP contribution < -0.4 is 5.32 Å². The van der Waals surface area contributed by atoms with Crippen LogP contribution in [0.25, 0.3) is 0 Å². The molecule has 25 heavy (non-hydrogen) atoms. The van der Waals surface area contributed by atoms with Crippen LogP contribution in [0.1, 0.15) is 23.2 Å². The maximum Gasteiger partial charge on any atom is 0.193 e. The zero-order valence-electron chi connectivity index (χ0n) is 15.5. The Morgan fingerprint density at radius 2 is 2.32 bits per heavy atom. The summed E-state index contributed by atoms with van der Waals surface area (Å²) in [4.78, 5) is 12.6. The summed E-state index contributed by atoms with van der Waals surface area (Å²) in [7, 11) is 3.55. The maximum absolute atomic E-state index is 5.65. The number of likely N-dealkylation sites (tertiary alicyclic amines) is 1. The number of methoxy groups -OCH3 is 1. The number of ether oxygens (including phenoxy) is 2. The molecule has 1 unspecified atom stereocenters. The number of guanidine groups is 1. The van der Waals surface area contributed by atoms with Crippen LogP contribution in [0.4, 0.5) is 0 Å². The summed E-state index contributed by atoms with van der Waals surface area (Å²) in [6.45, 7) is 7.22. The number of aromatic nitrogens is 1. The van der Waals surface area contributed by atoms with E-state index in [1.807, 2.05) is 13.2 Å². The van der Waals surface area contributed by atoms with Crippen molar-refractivity contribution in [3.63, 3.8) is 0 Å². The average molecular weight is 482 g/mol. The van der Waals surface area contributed by atoms with Gasteiger partial charge in [0.15, 0.2) is 5.96 Å². The molecule has 0 bridgehead atoms. The van der Waals surface area contributed by atoms with Gasteiger partial charge in [0, 0.05) is 57.2 Å². The van der Waals surface area contributed by atoms with Crippen molar-refractivity contribution in [1.82, 2.24) is 15.2 Å². The first-order valence-electron chi connectivity index (χ1n) is 8.72. The zero-order valence-corrected chi connectivity index (χ0v) is 18.6. The molecule has 1 saturated heterocycles. The van der Waals surface area contributed by atoms with E-state index in [1.165, 1.54) is 9.88 Å². The van der Waals surface area contributed by atoms with E-state index in [1.54, 1.807) is 18.4 Å². The van der Waals surface area contributed by atoms with Crippen LogP contribution in [0.15, 0.2) is 11.2 Å². The summed E-state index contributed by atoms with van der Waals surface area (Å²) in [6, 6.07) is 0. The maximum atomic E-state index is 5.65. The van der Waals surface area contributed by atoms with Crippen molar-refractivity contribution in [2.24, 2.45) is 10.9 Å². The number of hydrogen-bond donors (Lipinski definition) is 1. The largest absolute Gasteiger partial charge is 0.382 e. The van der Waals surface area contributed by atoms with Gasteiger partial charge in [0.2, 0.25) is 0 Å². The number of hydrogen-bond acceptors (Lipinski definition) is 5. The van der Waals surface area contributed by atoms with Gasteiger partial charge in [-0.1, -0.05) is 6.92 Å². The first-order chi connectivity index (χ1) is 11.8. The fraction of sp³-hybridized carbons (Fsp3) is 0.765. The van der Waals surface area contributed by atoms with Gasteiger partial charge in [-0.3, -0.25) is 4.99 Å². The van der Waals surface area contributed by atoms with Crippen molar-refractivity contribution >= 4 is 41.3 Å². The fourth-order valence-electron chi connectivity index (χ4n) is 2.79. The highest BCUT2D eigenvalue weighted by atomic mass is 127. The van der Waals surface area contributed by atoms with Gasteiger partial charge in [-0.05, 0) is 12.8 Å². The van der Waals surface area contributed by atoms with Gasteiger partial charge in [0.1, 0.15) is 0 Å². The molecule has 0 radical (unpaired) electrons. The van der Waals surface area contributed by atoms with E-state index >= 15 is 0 Å². The topological polar surface area (TPSA) is 59.0 Å². The van der Waals surface area contributed by atoms with Crippen LogP contribution >= 0.6 is 35.3 Å². The highest BCUT2D eigenvalue weighted by Gasteiger charge is 2.24. The summed E-state index contributed by atoms with van der Waals surface area (Å²) in [5, 5.41) is 4.66. The molecule has 144 valence electrons. The number of halogens is 1. The molecule has 0 aliphatic carbocycles.